The van der Waals surface area contributed by atoms with Gasteiger partial charge >= 0.3 is 5.97 Å². The second kappa shape index (κ2) is 12.5. The van der Waals surface area contributed by atoms with Crippen molar-refractivity contribution in [2.45, 2.75) is 25.8 Å². The van der Waals surface area contributed by atoms with Gasteiger partial charge in [-0.25, -0.2) is 9.78 Å². The minimum Gasteiger partial charge on any atom is -0.462 e. The Hall–Kier alpha value is -4.70. The summed E-state index contributed by atoms with van der Waals surface area (Å²) in [6.07, 6.45) is 1.35. The van der Waals surface area contributed by atoms with Gasteiger partial charge in [-0.2, -0.15) is 5.26 Å². The van der Waals surface area contributed by atoms with Gasteiger partial charge in [0.25, 0.3) is 5.69 Å². The monoisotopic (exact) mass is 535 g/mol. The van der Waals surface area contributed by atoms with Crippen LogP contribution < -0.4 is 10.2 Å². The number of azo groups is 1. The van der Waals surface area contributed by atoms with Crippen molar-refractivity contribution in [3.63, 3.8) is 0 Å². The minimum atomic E-state index is -1.21. The second-order valence-corrected chi connectivity index (χ2v) is 9.48. The van der Waals surface area contributed by atoms with Gasteiger partial charge in [0.1, 0.15) is 12.1 Å². The van der Waals surface area contributed by atoms with Crippen LogP contribution in [0.25, 0.3) is 10.2 Å². The van der Waals surface area contributed by atoms with Crippen LogP contribution in [0.5, 0.6) is 0 Å². The third-order valence-electron chi connectivity index (χ3n) is 5.26. The molecule has 3 aromatic rings. The van der Waals surface area contributed by atoms with Gasteiger partial charge in [0.15, 0.2) is 0 Å². The lowest BCUT2D eigenvalue weighted by molar-refractivity contribution is -0.384. The Balaban J connectivity index is 1.64. The molecule has 1 amide bonds. The number of non-ortho nitro benzene ring substituents is 1. The fourth-order valence-electron chi connectivity index (χ4n) is 3.28. The molecule has 1 N–H and O–H groups in total. The number of esters is 1. The Kier molecular flexibility index (Phi) is 9.18. The van der Waals surface area contributed by atoms with Crippen LogP contribution in [0.15, 0.2) is 65.3 Å². The molecule has 0 atom stereocenters. The van der Waals surface area contributed by atoms with Gasteiger partial charge in [-0.05, 0) is 50.3 Å². The van der Waals surface area contributed by atoms with Crippen molar-refractivity contribution in [3.05, 3.63) is 65.2 Å². The number of carbonyl (C=O) groups is 2. The van der Waals surface area contributed by atoms with Crippen molar-refractivity contribution in [2.75, 3.05) is 24.6 Å². The standard InChI is InChI=1S/C25H25N7O5S/c1-4-22(33)28-25(2,3)23(34)37-15-14-31(13-5-12-26)18-8-6-17(7-9-18)29-30-24-27-20-11-10-19(32(35)36)16-21(20)38-24/h4,6-11,16H,1,5,13-15H2,2-3H3,(H,28,33)/b30-29+. The van der Waals surface area contributed by atoms with Crippen LogP contribution in [0.4, 0.5) is 22.2 Å². The highest BCUT2D eigenvalue weighted by Gasteiger charge is 2.30. The number of hydrogen-bond acceptors (Lipinski definition) is 11. The average Bonchev–Trinajstić information content (AvgIpc) is 3.31. The minimum absolute atomic E-state index is 0.0147. The molecule has 2 aromatic carbocycles. The van der Waals surface area contributed by atoms with Gasteiger partial charge in [-0.1, -0.05) is 17.9 Å². The first kappa shape index (κ1) is 27.9. The van der Waals surface area contributed by atoms with E-state index in [-0.39, 0.29) is 18.7 Å². The van der Waals surface area contributed by atoms with E-state index in [4.69, 9.17) is 10.00 Å². The van der Waals surface area contributed by atoms with Crippen LogP contribution >= 0.6 is 11.3 Å². The van der Waals surface area contributed by atoms with Gasteiger partial charge in [0.05, 0.1) is 39.9 Å². The Bertz CT molecular complexity index is 1410. The summed E-state index contributed by atoms with van der Waals surface area (Å²) in [7, 11) is 0. The number of amides is 1. The fraction of sp³-hybridized carbons (Fsp3) is 0.280. The third kappa shape index (κ3) is 7.40. The smallest absolute Gasteiger partial charge is 0.331 e. The zero-order valence-electron chi connectivity index (χ0n) is 20.8. The Labute approximate surface area is 222 Å². The summed E-state index contributed by atoms with van der Waals surface area (Å²) in [6, 6.07) is 13.6. The molecule has 38 heavy (non-hydrogen) atoms. The van der Waals surface area contributed by atoms with Crippen molar-refractivity contribution >= 4 is 55.6 Å². The molecule has 13 heteroatoms. The van der Waals surface area contributed by atoms with Gasteiger partial charge in [-0.15, -0.1) is 10.2 Å². The first-order valence-corrected chi connectivity index (χ1v) is 12.2. The molecule has 3 rings (SSSR count). The van der Waals surface area contributed by atoms with Crippen molar-refractivity contribution in [3.8, 4) is 6.07 Å². The number of benzene rings is 2. The average molecular weight is 536 g/mol. The van der Waals surface area contributed by atoms with Crippen LogP contribution in [0.2, 0.25) is 0 Å². The number of rotatable bonds is 12. The van der Waals surface area contributed by atoms with Crippen LogP contribution in [0, 0.1) is 21.4 Å². The number of anilines is 1. The van der Waals surface area contributed by atoms with Crippen molar-refractivity contribution in [2.24, 2.45) is 10.2 Å². The summed E-state index contributed by atoms with van der Waals surface area (Å²) in [4.78, 5) is 40.6. The lowest BCUT2D eigenvalue weighted by Crippen LogP contribution is -2.50. The molecule has 196 valence electrons. The third-order valence-corrected chi connectivity index (χ3v) is 6.16. The van der Waals surface area contributed by atoms with E-state index in [1.54, 1.807) is 18.2 Å². The predicted octanol–water partition coefficient (Wildman–Crippen LogP) is 4.96. The lowest BCUT2D eigenvalue weighted by atomic mass is 10.1. The van der Waals surface area contributed by atoms with E-state index in [2.05, 4.69) is 33.2 Å². The molecule has 0 saturated heterocycles. The van der Waals surface area contributed by atoms with Crippen molar-refractivity contribution in [1.82, 2.24) is 10.3 Å². The molecule has 0 fully saturated rings. The molecule has 0 aliphatic rings. The molecule has 1 heterocycles. The number of fused-ring (bicyclic) bond motifs is 1. The number of ether oxygens (including phenoxy) is 1. The largest absolute Gasteiger partial charge is 0.462 e. The number of hydrogen-bond donors (Lipinski definition) is 1. The van der Waals surface area contributed by atoms with E-state index in [1.807, 2.05) is 17.0 Å². The number of nitro benzene ring substituents is 1. The molecule has 0 aliphatic heterocycles. The maximum absolute atomic E-state index is 12.4. The van der Waals surface area contributed by atoms with Crippen LogP contribution in [-0.2, 0) is 14.3 Å². The van der Waals surface area contributed by atoms with E-state index in [9.17, 15) is 19.7 Å². The summed E-state index contributed by atoms with van der Waals surface area (Å²) in [5, 5.41) is 31.2. The number of nitrogens with one attached hydrogen (secondary N) is 1. The number of nitrogens with zero attached hydrogens (tertiary/aromatic N) is 6. The highest BCUT2D eigenvalue weighted by Crippen LogP contribution is 2.32. The summed E-state index contributed by atoms with van der Waals surface area (Å²) >= 11 is 1.20. The van der Waals surface area contributed by atoms with Crippen LogP contribution in [0.1, 0.15) is 20.3 Å². The predicted molar refractivity (Wildman–Crippen MR) is 143 cm³/mol. The molecule has 0 bridgehead atoms. The first-order valence-electron chi connectivity index (χ1n) is 11.4. The molecule has 1 aromatic heterocycles. The zero-order valence-corrected chi connectivity index (χ0v) is 21.6. The number of thiazole rings is 1. The molecular formula is C25H25N7O5S. The quantitative estimate of drug-likeness (QED) is 0.112. The molecule has 0 saturated carbocycles. The van der Waals surface area contributed by atoms with Crippen molar-refractivity contribution < 1.29 is 19.2 Å². The Morgan fingerprint density at radius 3 is 2.66 bits per heavy atom. The van der Waals surface area contributed by atoms with E-state index < -0.39 is 22.3 Å². The second-order valence-electron chi connectivity index (χ2n) is 8.47. The SMILES string of the molecule is C=CC(=O)NC(C)(C)C(=O)OCCN(CCC#N)c1ccc(/N=N/c2nc3ccc([N+](=O)[O-])cc3s2)cc1. The molecule has 0 aliphatic carbocycles. The highest BCUT2D eigenvalue weighted by atomic mass is 32.1. The maximum atomic E-state index is 12.4. The number of aromatic nitrogens is 1. The molecule has 0 unspecified atom stereocenters. The van der Waals surface area contributed by atoms with E-state index in [0.717, 1.165) is 11.8 Å². The summed E-state index contributed by atoms with van der Waals surface area (Å²) in [5.74, 6) is -1.07. The fourth-order valence-corrected chi connectivity index (χ4v) is 4.10. The normalized spacial score (nSPS) is 11.2. The molecule has 0 spiro atoms. The Morgan fingerprint density at radius 1 is 1.26 bits per heavy atom. The summed E-state index contributed by atoms with van der Waals surface area (Å²) in [5.41, 5.74) is 0.726. The number of carbonyl (C=O) groups excluding carboxylic acids is 2. The lowest BCUT2D eigenvalue weighted by Gasteiger charge is -2.26. The number of nitriles is 1. The van der Waals surface area contributed by atoms with E-state index >= 15 is 0 Å². The number of nitro groups is 1. The van der Waals surface area contributed by atoms with Gasteiger partial charge in [-0.3, -0.25) is 14.9 Å². The topological polar surface area (TPSA) is 163 Å². The highest BCUT2D eigenvalue weighted by molar-refractivity contribution is 7.21. The van der Waals surface area contributed by atoms with Gasteiger partial charge < -0.3 is 15.0 Å². The van der Waals surface area contributed by atoms with Crippen LogP contribution in [0.3, 0.4) is 0 Å². The Morgan fingerprint density at radius 2 is 2.00 bits per heavy atom. The van der Waals surface area contributed by atoms with Crippen LogP contribution in [-0.4, -0.2) is 47.0 Å². The van der Waals surface area contributed by atoms with Gasteiger partial charge in [0, 0.05) is 24.4 Å². The molecule has 12 nitrogen and oxygen atoms in total. The zero-order chi connectivity index (χ0) is 27.7. The maximum Gasteiger partial charge on any atom is 0.331 e. The summed E-state index contributed by atoms with van der Waals surface area (Å²) in [6.45, 7) is 7.25. The first-order chi connectivity index (χ1) is 18.1. The summed E-state index contributed by atoms with van der Waals surface area (Å²) < 4.78 is 5.99. The van der Waals surface area contributed by atoms with E-state index in [0.29, 0.717) is 34.1 Å². The van der Waals surface area contributed by atoms with E-state index in [1.165, 1.54) is 37.3 Å². The molecular weight excluding hydrogens is 510 g/mol. The van der Waals surface area contributed by atoms with Crippen molar-refractivity contribution in [1.29, 1.82) is 5.26 Å². The van der Waals surface area contributed by atoms with Gasteiger partial charge in [0.2, 0.25) is 11.0 Å². The molecule has 0 radical (unpaired) electrons.